The average Bonchev–Trinajstić information content (AvgIpc) is 3.32. The Bertz CT molecular complexity index is 872. The van der Waals surface area contributed by atoms with Crippen molar-refractivity contribution in [1.82, 2.24) is 25.2 Å². The molecule has 3 aromatic rings. The Balaban J connectivity index is 0.00000280. The Hall–Kier alpha value is -2.36. The molecule has 0 fully saturated rings. The van der Waals surface area contributed by atoms with Crippen LogP contribution in [-0.2, 0) is 19.6 Å². The van der Waals surface area contributed by atoms with Gasteiger partial charge in [0.25, 0.3) is 0 Å². The quantitative estimate of drug-likeness (QED) is 0.298. The minimum absolute atomic E-state index is 0. The molecule has 3 rings (SSSR count). The molecule has 0 radical (unpaired) electrons. The molecule has 2 heterocycles. The van der Waals surface area contributed by atoms with Gasteiger partial charge in [-0.1, -0.05) is 32.0 Å². The van der Waals surface area contributed by atoms with Crippen molar-refractivity contribution in [1.29, 1.82) is 0 Å². The van der Waals surface area contributed by atoms with Gasteiger partial charge in [0, 0.05) is 31.5 Å². The molecule has 0 spiro atoms. The lowest BCUT2D eigenvalue weighted by molar-refractivity contribution is 0.503. The van der Waals surface area contributed by atoms with Crippen LogP contribution in [0, 0.1) is 5.92 Å². The molecule has 0 aliphatic rings. The molecule has 0 unspecified atom stereocenters. The second-order valence-corrected chi connectivity index (χ2v) is 6.68. The van der Waals surface area contributed by atoms with E-state index < -0.39 is 0 Å². The summed E-state index contributed by atoms with van der Waals surface area (Å²) in [5, 5.41) is 6.54. The standard InChI is InChI=1S/C20H26N6O.HI/c1-15(2)13-26-10-9-22-18(26)12-24-20(21-3)23-11-17-14-27-19(25-17)16-7-5-4-6-8-16;/h4-10,14-15H,11-13H2,1-3H3,(H2,21,23,24);1H. The van der Waals surface area contributed by atoms with Gasteiger partial charge in [0.05, 0.1) is 18.8 Å². The second kappa shape index (κ2) is 10.8. The molecule has 150 valence electrons. The predicted molar refractivity (Wildman–Crippen MR) is 121 cm³/mol. The van der Waals surface area contributed by atoms with E-state index in [4.69, 9.17) is 4.42 Å². The monoisotopic (exact) mass is 494 g/mol. The van der Waals surface area contributed by atoms with E-state index in [1.807, 2.05) is 42.7 Å². The number of rotatable bonds is 7. The molecular weight excluding hydrogens is 467 g/mol. The van der Waals surface area contributed by atoms with Gasteiger partial charge in [0.2, 0.25) is 5.89 Å². The summed E-state index contributed by atoms with van der Waals surface area (Å²) in [7, 11) is 1.74. The number of guanidine groups is 1. The lowest BCUT2D eigenvalue weighted by Gasteiger charge is -2.13. The van der Waals surface area contributed by atoms with Crippen molar-refractivity contribution >= 4 is 29.9 Å². The summed E-state index contributed by atoms with van der Waals surface area (Å²) in [6.45, 7) is 6.47. The Morgan fingerprint density at radius 2 is 1.93 bits per heavy atom. The predicted octanol–water partition coefficient (Wildman–Crippen LogP) is 3.68. The first-order valence-corrected chi connectivity index (χ1v) is 9.10. The van der Waals surface area contributed by atoms with Gasteiger partial charge in [0.15, 0.2) is 5.96 Å². The molecule has 8 heteroatoms. The summed E-state index contributed by atoms with van der Waals surface area (Å²) in [4.78, 5) is 13.2. The highest BCUT2D eigenvalue weighted by atomic mass is 127. The molecule has 2 aromatic heterocycles. The first kappa shape index (κ1) is 21.9. The van der Waals surface area contributed by atoms with Crippen molar-refractivity contribution in [2.75, 3.05) is 7.05 Å². The third-order valence-corrected chi connectivity index (χ3v) is 4.01. The van der Waals surface area contributed by atoms with Crippen LogP contribution in [-0.4, -0.2) is 27.5 Å². The van der Waals surface area contributed by atoms with Gasteiger partial charge in [-0.15, -0.1) is 24.0 Å². The number of benzene rings is 1. The first-order chi connectivity index (χ1) is 13.2. The minimum Gasteiger partial charge on any atom is -0.444 e. The number of nitrogens with one attached hydrogen (secondary N) is 2. The van der Waals surface area contributed by atoms with E-state index in [9.17, 15) is 0 Å². The molecule has 0 amide bonds. The normalized spacial score (nSPS) is 11.4. The molecule has 0 saturated carbocycles. The maximum atomic E-state index is 5.56. The number of oxazole rings is 1. The van der Waals surface area contributed by atoms with Gasteiger partial charge in [-0.3, -0.25) is 4.99 Å². The molecule has 0 saturated heterocycles. The Labute approximate surface area is 182 Å². The Morgan fingerprint density at radius 1 is 1.18 bits per heavy atom. The van der Waals surface area contributed by atoms with Crippen LogP contribution in [0.1, 0.15) is 25.4 Å². The van der Waals surface area contributed by atoms with E-state index in [1.54, 1.807) is 13.3 Å². The average molecular weight is 494 g/mol. The fourth-order valence-corrected chi connectivity index (χ4v) is 2.73. The Morgan fingerprint density at radius 3 is 2.64 bits per heavy atom. The van der Waals surface area contributed by atoms with Crippen molar-refractivity contribution in [2.45, 2.75) is 33.5 Å². The number of hydrogen-bond donors (Lipinski definition) is 2. The molecule has 7 nitrogen and oxygen atoms in total. The highest BCUT2D eigenvalue weighted by Gasteiger charge is 2.08. The fourth-order valence-electron chi connectivity index (χ4n) is 2.73. The third kappa shape index (κ3) is 6.08. The van der Waals surface area contributed by atoms with Gasteiger partial charge >= 0.3 is 0 Å². The molecular formula is C20H27IN6O. The zero-order valence-electron chi connectivity index (χ0n) is 16.4. The minimum atomic E-state index is 0. The van der Waals surface area contributed by atoms with Gasteiger partial charge in [-0.2, -0.15) is 0 Å². The number of nitrogens with zero attached hydrogens (tertiary/aromatic N) is 4. The third-order valence-electron chi connectivity index (χ3n) is 4.01. The topological polar surface area (TPSA) is 80.3 Å². The smallest absolute Gasteiger partial charge is 0.226 e. The van der Waals surface area contributed by atoms with Crippen molar-refractivity contribution in [3.63, 3.8) is 0 Å². The van der Waals surface area contributed by atoms with E-state index in [0.29, 0.717) is 30.9 Å². The van der Waals surface area contributed by atoms with Crippen LogP contribution in [0.2, 0.25) is 0 Å². The van der Waals surface area contributed by atoms with Crippen molar-refractivity contribution in [2.24, 2.45) is 10.9 Å². The molecule has 0 atom stereocenters. The van der Waals surface area contributed by atoms with E-state index in [0.717, 1.165) is 23.6 Å². The van der Waals surface area contributed by atoms with Crippen LogP contribution in [0.15, 0.2) is 58.4 Å². The summed E-state index contributed by atoms with van der Waals surface area (Å²) in [5.74, 6) is 2.87. The molecule has 28 heavy (non-hydrogen) atoms. The summed E-state index contributed by atoms with van der Waals surface area (Å²) in [6, 6.07) is 9.85. The number of imidazole rings is 1. The van der Waals surface area contributed by atoms with E-state index in [-0.39, 0.29) is 24.0 Å². The SMILES string of the molecule is CN=C(NCc1coc(-c2ccccc2)n1)NCc1nccn1CC(C)C.I. The van der Waals surface area contributed by atoms with Crippen LogP contribution in [0.3, 0.4) is 0 Å². The lowest BCUT2D eigenvalue weighted by atomic mass is 10.2. The number of halogens is 1. The second-order valence-electron chi connectivity index (χ2n) is 6.68. The first-order valence-electron chi connectivity index (χ1n) is 9.10. The summed E-state index contributed by atoms with van der Waals surface area (Å²) in [6.07, 6.45) is 5.50. The zero-order valence-corrected chi connectivity index (χ0v) is 18.8. The van der Waals surface area contributed by atoms with Crippen molar-refractivity contribution in [3.05, 3.63) is 60.5 Å². The largest absolute Gasteiger partial charge is 0.444 e. The molecule has 0 aliphatic heterocycles. The van der Waals surface area contributed by atoms with Crippen LogP contribution >= 0.6 is 24.0 Å². The summed E-state index contributed by atoms with van der Waals surface area (Å²) < 4.78 is 7.72. The fraction of sp³-hybridized carbons (Fsp3) is 0.350. The van der Waals surface area contributed by atoms with Crippen LogP contribution in [0.5, 0.6) is 0 Å². The number of aromatic nitrogens is 3. The number of aliphatic imine (C=N–C) groups is 1. The molecule has 1 aromatic carbocycles. The van der Waals surface area contributed by atoms with E-state index >= 15 is 0 Å². The highest BCUT2D eigenvalue weighted by molar-refractivity contribution is 14.0. The maximum absolute atomic E-state index is 5.56. The van der Waals surface area contributed by atoms with Crippen molar-refractivity contribution in [3.8, 4) is 11.5 Å². The maximum Gasteiger partial charge on any atom is 0.226 e. The Kier molecular flexibility index (Phi) is 8.49. The van der Waals surface area contributed by atoms with E-state index in [1.165, 1.54) is 0 Å². The lowest BCUT2D eigenvalue weighted by Crippen LogP contribution is -2.37. The highest BCUT2D eigenvalue weighted by Crippen LogP contribution is 2.17. The van der Waals surface area contributed by atoms with Crippen LogP contribution in [0.25, 0.3) is 11.5 Å². The van der Waals surface area contributed by atoms with Gasteiger partial charge < -0.3 is 19.6 Å². The van der Waals surface area contributed by atoms with Crippen LogP contribution in [0.4, 0.5) is 0 Å². The zero-order chi connectivity index (χ0) is 19.1. The van der Waals surface area contributed by atoms with Crippen molar-refractivity contribution < 1.29 is 4.42 Å². The molecule has 2 N–H and O–H groups in total. The molecule has 0 bridgehead atoms. The van der Waals surface area contributed by atoms with Gasteiger partial charge in [-0.25, -0.2) is 9.97 Å². The van der Waals surface area contributed by atoms with Gasteiger partial charge in [-0.05, 0) is 18.1 Å². The summed E-state index contributed by atoms with van der Waals surface area (Å²) >= 11 is 0. The number of hydrogen-bond acceptors (Lipinski definition) is 4. The van der Waals surface area contributed by atoms with Gasteiger partial charge in [0.1, 0.15) is 12.1 Å². The van der Waals surface area contributed by atoms with Crippen LogP contribution < -0.4 is 10.6 Å². The van der Waals surface area contributed by atoms with E-state index in [2.05, 4.69) is 44.0 Å². The molecule has 0 aliphatic carbocycles. The summed E-state index contributed by atoms with van der Waals surface area (Å²) in [5.41, 5.74) is 1.78.